The molecule has 0 aliphatic rings. The van der Waals surface area contributed by atoms with Crippen LogP contribution in [0, 0.1) is 10.8 Å². The number of hydrogen-bond donors (Lipinski definition) is 0. The van der Waals surface area contributed by atoms with Gasteiger partial charge in [0.25, 0.3) is 0 Å². The lowest BCUT2D eigenvalue weighted by molar-refractivity contribution is -0.151. The first-order valence-electron chi connectivity index (χ1n) is 9.75. The van der Waals surface area contributed by atoms with Gasteiger partial charge in [0.1, 0.15) is 5.78 Å². The predicted molar refractivity (Wildman–Crippen MR) is 103 cm³/mol. The van der Waals surface area contributed by atoms with Gasteiger partial charge in [-0.25, -0.2) is 0 Å². The van der Waals surface area contributed by atoms with E-state index in [-0.39, 0.29) is 11.9 Å². The predicted octanol–water partition coefficient (Wildman–Crippen LogP) is 4.85. The van der Waals surface area contributed by atoms with Crippen molar-refractivity contribution in [3.63, 3.8) is 0 Å². The normalized spacial score (nSPS) is 11.9. The van der Waals surface area contributed by atoms with Gasteiger partial charge < -0.3 is 9.47 Å². The molecule has 0 heterocycles. The van der Waals surface area contributed by atoms with Crippen LogP contribution in [-0.2, 0) is 23.9 Å². The monoisotopic (exact) mass is 370 g/mol. The smallest absolute Gasteiger partial charge is 0.311 e. The van der Waals surface area contributed by atoms with E-state index in [2.05, 4.69) is 0 Å². The largest absolute Gasteiger partial charge is 0.469 e. The van der Waals surface area contributed by atoms with E-state index in [1.807, 2.05) is 27.7 Å². The second kappa shape index (κ2) is 12.1. The maximum atomic E-state index is 11.9. The molecule has 0 rings (SSSR count). The molecule has 0 amide bonds. The summed E-state index contributed by atoms with van der Waals surface area (Å²) in [4.78, 5) is 35.1. The molecule has 5 heteroatoms. The van der Waals surface area contributed by atoms with E-state index >= 15 is 0 Å². The molecule has 0 aromatic carbocycles. The Morgan fingerprint density at radius 2 is 0.962 bits per heavy atom. The van der Waals surface area contributed by atoms with Crippen LogP contribution in [0.3, 0.4) is 0 Å². The number of methoxy groups -OCH3 is 2. The van der Waals surface area contributed by atoms with Crippen LogP contribution in [0.1, 0.15) is 91.9 Å². The van der Waals surface area contributed by atoms with Crippen LogP contribution >= 0.6 is 0 Å². The van der Waals surface area contributed by atoms with Gasteiger partial charge in [0.2, 0.25) is 0 Å². The van der Waals surface area contributed by atoms with Crippen LogP contribution in [0.2, 0.25) is 0 Å². The molecule has 0 unspecified atom stereocenters. The minimum atomic E-state index is -0.448. The molecular formula is C21H38O5. The molecule has 152 valence electrons. The van der Waals surface area contributed by atoms with E-state index in [0.717, 1.165) is 51.4 Å². The average molecular weight is 371 g/mol. The van der Waals surface area contributed by atoms with Crippen LogP contribution in [0.15, 0.2) is 0 Å². The summed E-state index contributed by atoms with van der Waals surface area (Å²) < 4.78 is 9.59. The topological polar surface area (TPSA) is 69.7 Å². The molecule has 0 atom stereocenters. The van der Waals surface area contributed by atoms with E-state index in [1.165, 1.54) is 14.2 Å². The lowest BCUT2D eigenvalue weighted by atomic mass is 9.86. The molecule has 0 N–H and O–H groups in total. The van der Waals surface area contributed by atoms with Crippen molar-refractivity contribution in [1.29, 1.82) is 0 Å². The first-order chi connectivity index (χ1) is 12.1. The van der Waals surface area contributed by atoms with E-state index < -0.39 is 10.8 Å². The van der Waals surface area contributed by atoms with Crippen LogP contribution < -0.4 is 0 Å². The van der Waals surface area contributed by atoms with Crippen LogP contribution in [-0.4, -0.2) is 31.9 Å². The van der Waals surface area contributed by atoms with Crippen molar-refractivity contribution in [1.82, 2.24) is 0 Å². The van der Waals surface area contributed by atoms with Crippen molar-refractivity contribution in [2.45, 2.75) is 91.9 Å². The Morgan fingerprint density at radius 3 is 1.27 bits per heavy atom. The Labute approximate surface area is 159 Å². The van der Waals surface area contributed by atoms with Crippen LogP contribution in [0.5, 0.6) is 0 Å². The number of esters is 2. The standard InChI is InChI=1S/C21H38O5/c1-20(2,18(23)25-5)15-11-7-9-13-17(22)14-10-8-12-16-21(3,4)19(24)26-6/h7-16H2,1-6H3. The number of carbonyl (C=O) groups excluding carboxylic acids is 3. The Morgan fingerprint density at radius 1 is 0.615 bits per heavy atom. The van der Waals surface area contributed by atoms with E-state index in [0.29, 0.717) is 18.6 Å². The second-order valence-electron chi connectivity index (χ2n) is 8.41. The summed E-state index contributed by atoms with van der Waals surface area (Å²) in [5, 5.41) is 0. The third-order valence-corrected chi connectivity index (χ3v) is 4.99. The van der Waals surface area contributed by atoms with Gasteiger partial charge in [-0.05, 0) is 53.4 Å². The third-order valence-electron chi connectivity index (χ3n) is 4.99. The second-order valence-corrected chi connectivity index (χ2v) is 8.41. The minimum absolute atomic E-state index is 0.177. The van der Waals surface area contributed by atoms with Gasteiger partial charge in [0.15, 0.2) is 0 Å². The molecule has 0 spiro atoms. The van der Waals surface area contributed by atoms with Crippen molar-refractivity contribution in [2.24, 2.45) is 10.8 Å². The molecule has 0 bridgehead atoms. The summed E-state index contributed by atoms with van der Waals surface area (Å²) in [5.74, 6) is -0.0441. The highest BCUT2D eigenvalue weighted by molar-refractivity contribution is 5.78. The Hall–Kier alpha value is -1.39. The zero-order chi connectivity index (χ0) is 20.2. The number of rotatable bonds is 14. The van der Waals surface area contributed by atoms with Crippen molar-refractivity contribution in [2.75, 3.05) is 14.2 Å². The summed E-state index contributed by atoms with van der Waals surface area (Å²) in [6.45, 7) is 7.58. The van der Waals surface area contributed by atoms with Gasteiger partial charge in [-0.1, -0.05) is 25.7 Å². The highest BCUT2D eigenvalue weighted by Gasteiger charge is 2.28. The molecule has 0 aliphatic heterocycles. The molecule has 26 heavy (non-hydrogen) atoms. The molecule has 0 saturated heterocycles. The molecule has 0 radical (unpaired) electrons. The fraction of sp³-hybridized carbons (Fsp3) is 0.857. The van der Waals surface area contributed by atoms with Crippen molar-refractivity contribution >= 4 is 17.7 Å². The molecular weight excluding hydrogens is 332 g/mol. The van der Waals surface area contributed by atoms with Gasteiger partial charge in [-0.2, -0.15) is 0 Å². The molecule has 5 nitrogen and oxygen atoms in total. The first-order valence-corrected chi connectivity index (χ1v) is 9.75. The average Bonchev–Trinajstić information content (AvgIpc) is 2.59. The van der Waals surface area contributed by atoms with E-state index in [4.69, 9.17) is 9.47 Å². The van der Waals surface area contributed by atoms with Gasteiger partial charge in [0, 0.05) is 12.8 Å². The fourth-order valence-corrected chi connectivity index (χ4v) is 3.01. The number of unbranched alkanes of at least 4 members (excludes halogenated alkanes) is 4. The van der Waals surface area contributed by atoms with Gasteiger partial charge >= 0.3 is 11.9 Å². The quantitative estimate of drug-likeness (QED) is 0.323. The molecule has 0 fully saturated rings. The lowest BCUT2D eigenvalue weighted by Crippen LogP contribution is -2.25. The number of Topliss-reactive ketones (excluding diaryl/α,β-unsaturated/α-hetero) is 1. The number of carbonyl (C=O) groups is 3. The number of ketones is 1. The maximum Gasteiger partial charge on any atom is 0.311 e. The SMILES string of the molecule is COC(=O)C(C)(C)CCCCCC(=O)CCCCCC(C)(C)C(=O)OC. The summed E-state index contributed by atoms with van der Waals surface area (Å²) in [5.41, 5.74) is -0.895. The van der Waals surface area contributed by atoms with Crippen molar-refractivity contribution in [3.05, 3.63) is 0 Å². The van der Waals surface area contributed by atoms with Crippen LogP contribution in [0.4, 0.5) is 0 Å². The van der Waals surface area contributed by atoms with Crippen molar-refractivity contribution in [3.8, 4) is 0 Å². The fourth-order valence-electron chi connectivity index (χ4n) is 3.01. The Kier molecular flexibility index (Phi) is 11.4. The molecule has 0 saturated carbocycles. The van der Waals surface area contributed by atoms with E-state index in [1.54, 1.807) is 0 Å². The highest BCUT2D eigenvalue weighted by Crippen LogP contribution is 2.26. The molecule has 0 aliphatic carbocycles. The summed E-state index contributed by atoms with van der Waals surface area (Å²) in [6, 6.07) is 0. The van der Waals surface area contributed by atoms with E-state index in [9.17, 15) is 14.4 Å². The van der Waals surface area contributed by atoms with Gasteiger partial charge in [0.05, 0.1) is 25.0 Å². The molecule has 0 aromatic heterocycles. The summed E-state index contributed by atoms with van der Waals surface area (Å²) >= 11 is 0. The van der Waals surface area contributed by atoms with Gasteiger partial charge in [-0.3, -0.25) is 14.4 Å². The summed E-state index contributed by atoms with van der Waals surface area (Å²) in [7, 11) is 2.83. The zero-order valence-corrected chi connectivity index (χ0v) is 17.6. The van der Waals surface area contributed by atoms with Crippen LogP contribution in [0.25, 0.3) is 0 Å². The van der Waals surface area contributed by atoms with Gasteiger partial charge in [-0.15, -0.1) is 0 Å². The zero-order valence-electron chi connectivity index (χ0n) is 17.6. The first kappa shape index (κ1) is 24.6. The lowest BCUT2D eigenvalue weighted by Gasteiger charge is -2.21. The third kappa shape index (κ3) is 9.93. The Balaban J connectivity index is 3.73. The Bertz CT molecular complexity index is 411. The summed E-state index contributed by atoms with van der Waals surface area (Å²) in [6.07, 6.45) is 8.33. The number of ether oxygens (including phenoxy) is 2. The number of hydrogen-bond acceptors (Lipinski definition) is 5. The van der Waals surface area contributed by atoms with Crippen molar-refractivity contribution < 1.29 is 23.9 Å². The maximum absolute atomic E-state index is 11.9. The molecule has 0 aromatic rings. The highest BCUT2D eigenvalue weighted by atomic mass is 16.5. The minimum Gasteiger partial charge on any atom is -0.469 e.